The first-order chi connectivity index (χ1) is 11.8. The highest BCUT2D eigenvalue weighted by Crippen LogP contribution is 2.30. The summed E-state index contributed by atoms with van der Waals surface area (Å²) >= 11 is 0. The lowest BCUT2D eigenvalue weighted by Gasteiger charge is -2.38. The van der Waals surface area contributed by atoms with Crippen molar-refractivity contribution in [3.63, 3.8) is 0 Å². The van der Waals surface area contributed by atoms with Crippen molar-refractivity contribution >= 4 is 16.9 Å². The zero-order chi connectivity index (χ0) is 16.4. The first-order valence-corrected chi connectivity index (χ1v) is 9.17. The summed E-state index contributed by atoms with van der Waals surface area (Å²) in [5.41, 5.74) is 0.812. The second-order valence-electron chi connectivity index (χ2n) is 7.12. The van der Waals surface area contributed by atoms with Gasteiger partial charge >= 0.3 is 0 Å². The largest absolute Gasteiger partial charge is 0.393 e. The Morgan fingerprint density at radius 1 is 1.04 bits per heavy atom. The highest BCUT2D eigenvalue weighted by Gasteiger charge is 2.31. The Morgan fingerprint density at radius 3 is 2.58 bits per heavy atom. The molecule has 0 amide bonds. The summed E-state index contributed by atoms with van der Waals surface area (Å²) in [5, 5.41) is 15.2. The van der Waals surface area contributed by atoms with Gasteiger partial charge in [-0.05, 0) is 74.9 Å². The van der Waals surface area contributed by atoms with E-state index in [-0.39, 0.29) is 6.10 Å². The van der Waals surface area contributed by atoms with Crippen molar-refractivity contribution in [3.8, 4) is 0 Å². The van der Waals surface area contributed by atoms with Gasteiger partial charge < -0.3 is 15.3 Å². The van der Waals surface area contributed by atoms with Crippen LogP contribution in [0.5, 0.6) is 0 Å². The molecule has 1 atom stereocenters. The minimum Gasteiger partial charge on any atom is -0.393 e. The Morgan fingerprint density at radius 2 is 1.79 bits per heavy atom. The third-order valence-corrected chi connectivity index (χ3v) is 5.66. The lowest BCUT2D eigenvalue weighted by Crippen LogP contribution is -2.43. The van der Waals surface area contributed by atoms with Crippen molar-refractivity contribution in [2.75, 3.05) is 31.1 Å². The van der Waals surface area contributed by atoms with Gasteiger partial charge in [0.25, 0.3) is 0 Å². The number of nitrogens with zero attached hydrogens (tertiary/aromatic N) is 3. The smallest absolute Gasteiger partial charge is 0.161 e. The van der Waals surface area contributed by atoms with Crippen LogP contribution in [0.2, 0.25) is 0 Å². The maximum Gasteiger partial charge on any atom is 0.161 e. The Bertz CT molecular complexity index is 678. The van der Waals surface area contributed by atoms with E-state index in [2.05, 4.69) is 27.3 Å². The minimum atomic E-state index is -0.138. The molecule has 2 N–H and O–H groups in total. The van der Waals surface area contributed by atoms with Crippen LogP contribution in [0.25, 0.3) is 11.0 Å². The second kappa shape index (κ2) is 7.03. The molecular formula is C19H26N4O. The van der Waals surface area contributed by atoms with Gasteiger partial charge in [0, 0.05) is 24.7 Å². The van der Waals surface area contributed by atoms with Crippen LogP contribution in [0.15, 0.2) is 30.5 Å². The summed E-state index contributed by atoms with van der Waals surface area (Å²) < 4.78 is 0. The van der Waals surface area contributed by atoms with Crippen molar-refractivity contribution in [3.05, 3.63) is 30.5 Å². The van der Waals surface area contributed by atoms with Crippen molar-refractivity contribution in [1.29, 1.82) is 0 Å². The van der Waals surface area contributed by atoms with E-state index in [1.54, 1.807) is 6.20 Å². The third kappa shape index (κ3) is 3.23. The number of anilines is 1. The Balaban J connectivity index is 1.39. The van der Waals surface area contributed by atoms with E-state index in [0.29, 0.717) is 11.8 Å². The van der Waals surface area contributed by atoms with Crippen LogP contribution in [0.3, 0.4) is 0 Å². The number of piperidine rings is 2. The molecule has 4 heterocycles. The number of hydrogen-bond acceptors (Lipinski definition) is 5. The average molecular weight is 326 g/mol. The number of aliphatic hydroxyl groups is 1. The average Bonchev–Trinajstić information content (AvgIpc) is 2.68. The lowest BCUT2D eigenvalue weighted by atomic mass is 9.80. The molecule has 0 spiro atoms. The summed E-state index contributed by atoms with van der Waals surface area (Å²) in [6.07, 6.45) is 5.97. The van der Waals surface area contributed by atoms with Crippen molar-refractivity contribution < 1.29 is 5.11 Å². The molecule has 2 aliphatic rings. The molecule has 2 saturated heterocycles. The molecule has 5 heteroatoms. The highest BCUT2D eigenvalue weighted by atomic mass is 16.3. The molecule has 4 rings (SSSR count). The molecule has 0 aliphatic carbocycles. The van der Waals surface area contributed by atoms with Crippen molar-refractivity contribution in [2.45, 2.75) is 31.8 Å². The van der Waals surface area contributed by atoms with E-state index in [1.165, 1.54) is 0 Å². The Hall–Kier alpha value is -1.72. The molecule has 2 aromatic rings. The fourth-order valence-corrected chi connectivity index (χ4v) is 4.16. The fourth-order valence-electron chi connectivity index (χ4n) is 4.16. The van der Waals surface area contributed by atoms with E-state index in [4.69, 9.17) is 4.98 Å². The Labute approximate surface area is 143 Å². The molecule has 2 aromatic heterocycles. The van der Waals surface area contributed by atoms with E-state index in [0.717, 1.165) is 68.7 Å². The highest BCUT2D eigenvalue weighted by molar-refractivity contribution is 5.76. The topological polar surface area (TPSA) is 61.3 Å². The number of fused-ring (bicyclic) bond motifs is 1. The second-order valence-corrected chi connectivity index (χ2v) is 7.12. The predicted octanol–water partition coefficient (Wildman–Crippen LogP) is 2.21. The predicted molar refractivity (Wildman–Crippen MR) is 96.1 cm³/mol. The quantitative estimate of drug-likeness (QED) is 0.905. The third-order valence-electron chi connectivity index (χ3n) is 5.66. The van der Waals surface area contributed by atoms with Crippen molar-refractivity contribution in [2.24, 2.45) is 11.8 Å². The van der Waals surface area contributed by atoms with E-state index >= 15 is 0 Å². The molecule has 24 heavy (non-hydrogen) atoms. The number of aliphatic hydroxyl groups excluding tert-OH is 1. The summed E-state index contributed by atoms with van der Waals surface area (Å²) in [6, 6.07) is 8.17. The maximum atomic E-state index is 10.7. The summed E-state index contributed by atoms with van der Waals surface area (Å²) in [6.45, 7) is 4.04. The normalized spacial score (nSPS) is 22.0. The molecule has 5 nitrogen and oxygen atoms in total. The standard InChI is InChI=1S/C19H26N4O/c24-18(14-5-10-20-11-6-14)15-7-12-23(13-8-15)17-4-3-16-2-1-9-21-19(16)22-17/h1-4,9,14-15,18,20,24H,5-8,10-13H2. The molecule has 0 aromatic carbocycles. The van der Waals surface area contributed by atoms with Crippen LogP contribution in [-0.2, 0) is 0 Å². The molecule has 2 fully saturated rings. The lowest BCUT2D eigenvalue weighted by molar-refractivity contribution is 0.0265. The van der Waals surface area contributed by atoms with Gasteiger partial charge in [0.1, 0.15) is 5.82 Å². The van der Waals surface area contributed by atoms with E-state index < -0.39 is 0 Å². The number of nitrogens with one attached hydrogen (secondary N) is 1. The number of pyridine rings is 2. The van der Waals surface area contributed by atoms with Crippen LogP contribution < -0.4 is 10.2 Å². The number of rotatable bonds is 3. The van der Waals surface area contributed by atoms with E-state index in [1.807, 2.05) is 12.1 Å². The summed E-state index contributed by atoms with van der Waals surface area (Å²) in [5.74, 6) is 1.92. The van der Waals surface area contributed by atoms with Gasteiger partial charge in [0.2, 0.25) is 0 Å². The molecule has 0 bridgehead atoms. The molecule has 1 unspecified atom stereocenters. The monoisotopic (exact) mass is 326 g/mol. The van der Waals surface area contributed by atoms with Crippen LogP contribution in [-0.4, -0.2) is 47.4 Å². The minimum absolute atomic E-state index is 0.138. The van der Waals surface area contributed by atoms with Gasteiger partial charge in [-0.2, -0.15) is 0 Å². The van der Waals surface area contributed by atoms with Gasteiger partial charge in [0.15, 0.2) is 5.65 Å². The van der Waals surface area contributed by atoms with Gasteiger partial charge in [-0.3, -0.25) is 0 Å². The van der Waals surface area contributed by atoms with Crippen LogP contribution in [0.1, 0.15) is 25.7 Å². The Kier molecular flexibility index (Phi) is 4.63. The van der Waals surface area contributed by atoms with Crippen molar-refractivity contribution in [1.82, 2.24) is 15.3 Å². The fraction of sp³-hybridized carbons (Fsp3) is 0.579. The zero-order valence-electron chi connectivity index (χ0n) is 14.1. The SMILES string of the molecule is OC(C1CCNCC1)C1CCN(c2ccc3cccnc3n2)CC1. The van der Waals surface area contributed by atoms with Gasteiger partial charge in [0.05, 0.1) is 6.10 Å². The molecule has 2 aliphatic heterocycles. The summed E-state index contributed by atoms with van der Waals surface area (Å²) in [7, 11) is 0. The zero-order valence-corrected chi connectivity index (χ0v) is 14.1. The number of aromatic nitrogens is 2. The first kappa shape index (κ1) is 15.8. The molecule has 0 saturated carbocycles. The van der Waals surface area contributed by atoms with Crippen LogP contribution in [0.4, 0.5) is 5.82 Å². The van der Waals surface area contributed by atoms with Crippen LogP contribution in [0, 0.1) is 11.8 Å². The molecule has 0 radical (unpaired) electrons. The summed E-state index contributed by atoms with van der Waals surface area (Å²) in [4.78, 5) is 11.4. The van der Waals surface area contributed by atoms with Gasteiger partial charge in [-0.15, -0.1) is 0 Å². The number of hydrogen-bond donors (Lipinski definition) is 2. The molecular weight excluding hydrogens is 300 g/mol. The van der Waals surface area contributed by atoms with Crippen LogP contribution >= 0.6 is 0 Å². The molecule has 128 valence electrons. The maximum absolute atomic E-state index is 10.7. The van der Waals surface area contributed by atoms with Gasteiger partial charge in [-0.1, -0.05) is 0 Å². The van der Waals surface area contributed by atoms with E-state index in [9.17, 15) is 5.11 Å². The first-order valence-electron chi connectivity index (χ1n) is 9.17. The van der Waals surface area contributed by atoms with Gasteiger partial charge in [-0.25, -0.2) is 9.97 Å².